The highest BCUT2D eigenvalue weighted by atomic mass is 15.3. The lowest BCUT2D eigenvalue weighted by Gasteiger charge is -2.40. The molecule has 3 heteroatoms. The smallest absolute Gasteiger partial charge is 0.0475 e. The highest BCUT2D eigenvalue weighted by molar-refractivity contribution is 5.45. The minimum Gasteiger partial charge on any atom is -0.382 e. The van der Waals surface area contributed by atoms with Gasteiger partial charge in [0.2, 0.25) is 0 Å². The number of likely N-dealkylation sites (N-methyl/N-ethyl adjacent to an activating group) is 1. The molecule has 1 aliphatic rings. The largest absolute Gasteiger partial charge is 0.382 e. The molecule has 0 aliphatic carbocycles. The Balaban J connectivity index is 1.62. The van der Waals surface area contributed by atoms with E-state index < -0.39 is 0 Å². The maximum atomic E-state index is 3.50. The van der Waals surface area contributed by atoms with Crippen molar-refractivity contribution in [2.24, 2.45) is 0 Å². The molecule has 162 valence electrons. The summed E-state index contributed by atoms with van der Waals surface area (Å²) in [6, 6.07) is 18.4. The maximum Gasteiger partial charge on any atom is 0.0475 e. The number of nitrogens with zero attached hydrogens (tertiary/aromatic N) is 2. The van der Waals surface area contributed by atoms with Crippen molar-refractivity contribution in [2.45, 2.75) is 52.6 Å². The molecule has 0 bridgehead atoms. The van der Waals surface area contributed by atoms with Crippen LogP contribution < -0.4 is 5.32 Å². The summed E-state index contributed by atoms with van der Waals surface area (Å²) in [5.41, 5.74) is 7.00. The van der Waals surface area contributed by atoms with Crippen molar-refractivity contribution in [2.75, 3.05) is 38.5 Å². The van der Waals surface area contributed by atoms with Crippen molar-refractivity contribution >= 4 is 5.69 Å². The van der Waals surface area contributed by atoms with Gasteiger partial charge >= 0.3 is 0 Å². The van der Waals surface area contributed by atoms with Gasteiger partial charge < -0.3 is 5.32 Å². The first-order valence-electron chi connectivity index (χ1n) is 11.5. The summed E-state index contributed by atoms with van der Waals surface area (Å²) in [7, 11) is 2.27. The molecule has 1 atom stereocenters. The third-order valence-electron chi connectivity index (χ3n) is 6.38. The molecule has 2 aromatic rings. The van der Waals surface area contributed by atoms with Gasteiger partial charge in [0.1, 0.15) is 0 Å². The van der Waals surface area contributed by atoms with E-state index in [1.54, 1.807) is 0 Å². The number of anilines is 1. The molecule has 0 aromatic heterocycles. The standard InChI is InChI=1S/C27H39N3/c1-6-22(4)15-16-28-24-13-11-23(12-14-24)19-30-18-17-29(5)27(20-30)26-10-8-7-9-25(26)21(2)3/h7-15,21,27-28H,6,16-20H2,1-5H3/b22-15-. The van der Waals surface area contributed by atoms with Gasteiger partial charge in [-0.3, -0.25) is 9.80 Å². The van der Waals surface area contributed by atoms with Crippen LogP contribution >= 0.6 is 0 Å². The normalized spacial score (nSPS) is 18.7. The average molecular weight is 406 g/mol. The second kappa shape index (κ2) is 10.8. The molecule has 2 aromatic carbocycles. The van der Waals surface area contributed by atoms with Crippen LogP contribution in [0.2, 0.25) is 0 Å². The lowest BCUT2D eigenvalue weighted by atomic mass is 9.91. The van der Waals surface area contributed by atoms with E-state index in [1.165, 1.54) is 28.0 Å². The van der Waals surface area contributed by atoms with Crippen molar-refractivity contribution in [3.63, 3.8) is 0 Å². The van der Waals surface area contributed by atoms with Gasteiger partial charge in [0.05, 0.1) is 0 Å². The molecule has 1 saturated heterocycles. The molecule has 1 fully saturated rings. The minimum atomic E-state index is 0.465. The summed E-state index contributed by atoms with van der Waals surface area (Å²) in [6.45, 7) is 14.2. The predicted octanol–water partition coefficient (Wildman–Crippen LogP) is 6.07. The van der Waals surface area contributed by atoms with Gasteiger partial charge in [-0.05, 0) is 55.1 Å². The molecule has 30 heavy (non-hydrogen) atoms. The number of benzene rings is 2. The molecular formula is C27H39N3. The summed E-state index contributed by atoms with van der Waals surface area (Å²) in [4.78, 5) is 5.13. The Morgan fingerprint density at radius 1 is 1.10 bits per heavy atom. The SMILES string of the molecule is CC/C(C)=C\CNc1ccc(CN2CCN(C)C(c3ccccc3C(C)C)C2)cc1. The van der Waals surface area contributed by atoms with Crippen molar-refractivity contribution in [1.82, 2.24) is 9.80 Å². The summed E-state index contributed by atoms with van der Waals surface area (Å²) in [6.07, 6.45) is 3.39. The second-order valence-electron chi connectivity index (χ2n) is 9.00. The number of hydrogen-bond acceptors (Lipinski definition) is 3. The topological polar surface area (TPSA) is 18.5 Å². The van der Waals surface area contributed by atoms with E-state index in [4.69, 9.17) is 0 Å². The predicted molar refractivity (Wildman–Crippen MR) is 130 cm³/mol. The van der Waals surface area contributed by atoms with E-state index in [1.807, 2.05) is 0 Å². The van der Waals surface area contributed by atoms with Crippen LogP contribution in [0, 0.1) is 0 Å². The molecule has 3 rings (SSSR count). The van der Waals surface area contributed by atoms with E-state index in [-0.39, 0.29) is 0 Å². The first kappa shape index (κ1) is 22.6. The zero-order valence-corrected chi connectivity index (χ0v) is 19.5. The second-order valence-corrected chi connectivity index (χ2v) is 9.00. The van der Waals surface area contributed by atoms with Gasteiger partial charge in [-0.1, -0.05) is 68.8 Å². The van der Waals surface area contributed by atoms with Crippen LogP contribution in [0.15, 0.2) is 60.2 Å². The average Bonchev–Trinajstić information content (AvgIpc) is 2.76. The van der Waals surface area contributed by atoms with Gasteiger partial charge in [0.15, 0.2) is 0 Å². The van der Waals surface area contributed by atoms with Crippen molar-refractivity contribution in [3.8, 4) is 0 Å². The molecular weight excluding hydrogens is 366 g/mol. The van der Waals surface area contributed by atoms with E-state index >= 15 is 0 Å². The fraction of sp³-hybridized carbons (Fsp3) is 0.481. The Morgan fingerprint density at radius 2 is 1.83 bits per heavy atom. The summed E-state index contributed by atoms with van der Waals surface area (Å²) >= 11 is 0. The van der Waals surface area contributed by atoms with Crippen LogP contribution in [0.25, 0.3) is 0 Å². The highest BCUT2D eigenvalue weighted by Gasteiger charge is 2.27. The van der Waals surface area contributed by atoms with Crippen LogP contribution in [0.3, 0.4) is 0 Å². The Hall–Kier alpha value is -2.10. The summed E-state index contributed by atoms with van der Waals surface area (Å²) < 4.78 is 0. The number of rotatable bonds is 8. The Kier molecular flexibility index (Phi) is 8.12. The van der Waals surface area contributed by atoms with Gasteiger partial charge in [0, 0.05) is 44.5 Å². The molecule has 0 spiro atoms. The lowest BCUT2D eigenvalue weighted by molar-refractivity contribution is 0.0899. The zero-order chi connectivity index (χ0) is 21.5. The Morgan fingerprint density at radius 3 is 2.53 bits per heavy atom. The van der Waals surface area contributed by atoms with Crippen LogP contribution in [-0.4, -0.2) is 43.0 Å². The molecule has 1 N–H and O–H groups in total. The van der Waals surface area contributed by atoms with E-state index in [2.05, 4.69) is 104 Å². The Bertz CT molecular complexity index is 822. The van der Waals surface area contributed by atoms with Gasteiger partial charge in [-0.15, -0.1) is 0 Å². The van der Waals surface area contributed by atoms with Crippen LogP contribution in [0.1, 0.15) is 62.8 Å². The monoisotopic (exact) mass is 405 g/mol. The van der Waals surface area contributed by atoms with Gasteiger partial charge in [0.25, 0.3) is 0 Å². The van der Waals surface area contributed by atoms with Crippen molar-refractivity contribution in [3.05, 3.63) is 76.9 Å². The number of hydrogen-bond donors (Lipinski definition) is 1. The summed E-state index contributed by atoms with van der Waals surface area (Å²) in [5, 5.41) is 3.50. The lowest BCUT2D eigenvalue weighted by Crippen LogP contribution is -2.46. The fourth-order valence-electron chi connectivity index (χ4n) is 4.22. The molecule has 0 amide bonds. The molecule has 3 nitrogen and oxygen atoms in total. The molecule has 0 saturated carbocycles. The quantitative estimate of drug-likeness (QED) is 0.538. The molecule has 1 heterocycles. The van der Waals surface area contributed by atoms with Crippen molar-refractivity contribution in [1.29, 1.82) is 0 Å². The molecule has 0 radical (unpaired) electrons. The molecule has 1 aliphatic heterocycles. The van der Waals surface area contributed by atoms with Gasteiger partial charge in [-0.25, -0.2) is 0 Å². The van der Waals surface area contributed by atoms with Crippen LogP contribution in [0.4, 0.5) is 5.69 Å². The highest BCUT2D eigenvalue weighted by Crippen LogP contribution is 2.31. The third-order valence-corrected chi connectivity index (χ3v) is 6.38. The first-order chi connectivity index (χ1) is 14.5. The van der Waals surface area contributed by atoms with Crippen LogP contribution in [-0.2, 0) is 6.54 Å². The first-order valence-corrected chi connectivity index (χ1v) is 11.5. The summed E-state index contributed by atoms with van der Waals surface area (Å²) in [5.74, 6) is 0.556. The van der Waals surface area contributed by atoms with Gasteiger partial charge in [-0.2, -0.15) is 0 Å². The third kappa shape index (κ3) is 5.96. The van der Waals surface area contributed by atoms with Crippen LogP contribution in [0.5, 0.6) is 0 Å². The number of allylic oxidation sites excluding steroid dienone is 1. The van der Waals surface area contributed by atoms with Crippen molar-refractivity contribution < 1.29 is 0 Å². The van der Waals surface area contributed by atoms with E-state index in [9.17, 15) is 0 Å². The van der Waals surface area contributed by atoms with E-state index in [0.29, 0.717) is 12.0 Å². The maximum absolute atomic E-state index is 3.50. The Labute approximate surface area is 183 Å². The number of piperazine rings is 1. The number of nitrogens with one attached hydrogen (secondary N) is 1. The molecule has 1 unspecified atom stereocenters. The minimum absolute atomic E-state index is 0.465. The van der Waals surface area contributed by atoms with E-state index in [0.717, 1.165) is 39.1 Å². The zero-order valence-electron chi connectivity index (χ0n) is 19.5. The fourth-order valence-corrected chi connectivity index (χ4v) is 4.22.